The van der Waals surface area contributed by atoms with Crippen LogP contribution in [0.3, 0.4) is 0 Å². The van der Waals surface area contributed by atoms with Gasteiger partial charge in [0.05, 0.1) is 12.5 Å². The maximum atomic E-state index is 9.77. The Morgan fingerprint density at radius 3 is 2.91 bits per heavy atom. The lowest BCUT2D eigenvalue weighted by atomic mass is 10.2. The van der Waals surface area contributed by atoms with Gasteiger partial charge in [0, 0.05) is 31.0 Å². The summed E-state index contributed by atoms with van der Waals surface area (Å²) in [7, 11) is 0. The summed E-state index contributed by atoms with van der Waals surface area (Å²) in [5.74, 6) is 0.176. The number of hydrogen-bond acceptors (Lipinski definition) is 5. The number of aliphatic imine (C=N–C) groups is 1. The van der Waals surface area contributed by atoms with E-state index in [1.165, 1.54) is 0 Å². The van der Waals surface area contributed by atoms with Crippen molar-refractivity contribution in [3.05, 3.63) is 54.7 Å². The lowest BCUT2D eigenvalue weighted by Crippen LogP contribution is -1.96. The van der Waals surface area contributed by atoms with Crippen LogP contribution in [0.4, 0.5) is 0 Å². The molecule has 0 bridgehead atoms. The van der Waals surface area contributed by atoms with E-state index in [2.05, 4.69) is 15.0 Å². The molecule has 22 heavy (non-hydrogen) atoms. The highest BCUT2D eigenvalue weighted by Gasteiger charge is 2.11. The Kier molecular flexibility index (Phi) is 4.29. The van der Waals surface area contributed by atoms with Gasteiger partial charge in [0.2, 0.25) is 5.89 Å². The minimum Gasteiger partial charge on any atom is -0.479 e. The van der Waals surface area contributed by atoms with E-state index in [1.54, 1.807) is 18.7 Å². The predicted octanol–water partition coefficient (Wildman–Crippen LogP) is 2.75. The van der Waals surface area contributed by atoms with Crippen molar-refractivity contribution < 1.29 is 9.52 Å². The van der Waals surface area contributed by atoms with Gasteiger partial charge in [-0.2, -0.15) is 0 Å². The van der Waals surface area contributed by atoms with Crippen molar-refractivity contribution in [3.8, 4) is 17.4 Å². The Balaban J connectivity index is 1.58. The molecule has 0 fully saturated rings. The maximum Gasteiger partial charge on any atom is 0.312 e. The van der Waals surface area contributed by atoms with Gasteiger partial charge in [0.25, 0.3) is 0 Å². The summed E-state index contributed by atoms with van der Waals surface area (Å²) in [5.41, 5.74) is 1.17. The number of benzene rings is 1. The first kappa shape index (κ1) is 14.1. The molecule has 6 heteroatoms. The highest BCUT2D eigenvalue weighted by Crippen LogP contribution is 2.24. The summed E-state index contributed by atoms with van der Waals surface area (Å²) < 4.78 is 7.25. The second-order valence-electron chi connectivity index (χ2n) is 4.76. The molecule has 0 unspecified atom stereocenters. The topological polar surface area (TPSA) is 76.4 Å². The van der Waals surface area contributed by atoms with E-state index in [0.717, 1.165) is 18.5 Å². The second-order valence-corrected chi connectivity index (χ2v) is 4.76. The molecule has 2 heterocycles. The fourth-order valence-corrected chi connectivity index (χ4v) is 2.03. The molecular formula is C16H16N4O2. The lowest BCUT2D eigenvalue weighted by molar-refractivity contribution is 0.337. The van der Waals surface area contributed by atoms with Crippen molar-refractivity contribution in [3.63, 3.8) is 0 Å². The van der Waals surface area contributed by atoms with Gasteiger partial charge in [-0.25, -0.2) is 9.97 Å². The van der Waals surface area contributed by atoms with E-state index in [-0.39, 0.29) is 5.95 Å². The summed E-state index contributed by atoms with van der Waals surface area (Å²) in [6, 6.07) is 9.43. The van der Waals surface area contributed by atoms with Crippen LogP contribution in [0.1, 0.15) is 12.1 Å². The monoisotopic (exact) mass is 296 g/mol. The Labute approximate surface area is 127 Å². The van der Waals surface area contributed by atoms with E-state index in [4.69, 9.17) is 4.42 Å². The van der Waals surface area contributed by atoms with E-state index in [1.807, 2.05) is 41.1 Å². The van der Waals surface area contributed by atoms with Crippen molar-refractivity contribution in [2.45, 2.75) is 13.0 Å². The summed E-state index contributed by atoms with van der Waals surface area (Å²) in [5, 5.41) is 9.77. The zero-order valence-electron chi connectivity index (χ0n) is 12.0. The van der Waals surface area contributed by atoms with Crippen LogP contribution in [0.5, 0.6) is 5.95 Å². The van der Waals surface area contributed by atoms with Gasteiger partial charge in [0.15, 0.2) is 5.69 Å². The third-order valence-electron chi connectivity index (χ3n) is 3.13. The van der Waals surface area contributed by atoms with Crippen LogP contribution >= 0.6 is 0 Å². The van der Waals surface area contributed by atoms with Crippen molar-refractivity contribution in [1.82, 2.24) is 14.5 Å². The molecule has 2 aromatic heterocycles. The van der Waals surface area contributed by atoms with Crippen molar-refractivity contribution in [2.24, 2.45) is 4.99 Å². The number of rotatable bonds is 6. The smallest absolute Gasteiger partial charge is 0.312 e. The van der Waals surface area contributed by atoms with Gasteiger partial charge in [0.1, 0.15) is 0 Å². The van der Waals surface area contributed by atoms with Crippen LogP contribution in [-0.2, 0) is 6.54 Å². The Morgan fingerprint density at radius 2 is 2.14 bits per heavy atom. The van der Waals surface area contributed by atoms with Crippen LogP contribution in [-0.4, -0.2) is 32.4 Å². The third-order valence-corrected chi connectivity index (χ3v) is 3.13. The van der Waals surface area contributed by atoms with Crippen LogP contribution in [0.25, 0.3) is 11.5 Å². The van der Waals surface area contributed by atoms with Crippen LogP contribution in [0, 0.1) is 0 Å². The van der Waals surface area contributed by atoms with E-state index < -0.39 is 0 Å². The molecule has 1 aromatic carbocycles. The highest BCUT2D eigenvalue weighted by atomic mass is 16.5. The number of hydrogen-bond donors (Lipinski definition) is 1. The summed E-state index contributed by atoms with van der Waals surface area (Å²) >= 11 is 0. The largest absolute Gasteiger partial charge is 0.479 e. The van der Waals surface area contributed by atoms with Crippen molar-refractivity contribution in [2.75, 3.05) is 6.54 Å². The van der Waals surface area contributed by atoms with Gasteiger partial charge < -0.3 is 14.1 Å². The van der Waals surface area contributed by atoms with Gasteiger partial charge >= 0.3 is 5.95 Å². The fraction of sp³-hybridized carbons (Fsp3) is 0.188. The van der Waals surface area contributed by atoms with Crippen molar-refractivity contribution in [1.29, 1.82) is 0 Å². The minimum absolute atomic E-state index is 0.211. The van der Waals surface area contributed by atoms with Crippen LogP contribution in [0.15, 0.2) is 58.5 Å². The Bertz CT molecular complexity index is 733. The molecule has 1 N–H and O–H groups in total. The second kappa shape index (κ2) is 6.71. The Hall–Kier alpha value is -2.89. The number of imidazole rings is 1. The number of aromatic hydroxyl groups is 1. The first-order chi connectivity index (χ1) is 10.8. The standard InChI is InChI=1S/C16H16N4O2/c21-16-14(11-17-7-4-9-20-10-8-18-12-20)19-15(22-16)13-5-2-1-3-6-13/h1-3,5-6,8,10-12,21H,4,7,9H2. The number of nitrogens with zero attached hydrogens (tertiary/aromatic N) is 4. The summed E-state index contributed by atoms with van der Waals surface area (Å²) in [6.45, 7) is 1.50. The average Bonchev–Trinajstić information content (AvgIpc) is 3.18. The Morgan fingerprint density at radius 1 is 1.27 bits per heavy atom. The van der Waals surface area contributed by atoms with Crippen LogP contribution in [0.2, 0.25) is 0 Å². The molecule has 0 aliphatic heterocycles. The number of oxazole rings is 1. The maximum absolute atomic E-state index is 9.77. The lowest BCUT2D eigenvalue weighted by Gasteiger charge is -1.97. The van der Waals surface area contributed by atoms with Gasteiger partial charge in [-0.3, -0.25) is 4.99 Å². The van der Waals surface area contributed by atoms with Gasteiger partial charge in [-0.15, -0.1) is 0 Å². The van der Waals surface area contributed by atoms with E-state index in [9.17, 15) is 5.11 Å². The fourth-order valence-electron chi connectivity index (χ4n) is 2.03. The molecule has 112 valence electrons. The van der Waals surface area contributed by atoms with Gasteiger partial charge in [-0.1, -0.05) is 18.2 Å². The highest BCUT2D eigenvalue weighted by molar-refractivity contribution is 5.80. The molecule has 0 saturated carbocycles. The van der Waals surface area contributed by atoms with E-state index >= 15 is 0 Å². The first-order valence-corrected chi connectivity index (χ1v) is 7.04. The van der Waals surface area contributed by atoms with Crippen molar-refractivity contribution >= 4 is 6.21 Å². The molecule has 0 aliphatic carbocycles. The molecular weight excluding hydrogens is 280 g/mol. The number of aryl methyl sites for hydroxylation is 1. The quantitative estimate of drug-likeness (QED) is 0.560. The average molecular weight is 296 g/mol. The molecule has 0 aliphatic rings. The SMILES string of the molecule is Oc1oc(-c2ccccc2)nc1C=NCCCn1ccnc1. The van der Waals surface area contributed by atoms with E-state index in [0.29, 0.717) is 18.1 Å². The molecule has 6 nitrogen and oxygen atoms in total. The molecule has 0 amide bonds. The zero-order chi connectivity index (χ0) is 15.2. The molecule has 0 saturated heterocycles. The number of aromatic nitrogens is 3. The van der Waals surface area contributed by atoms with Gasteiger partial charge in [-0.05, 0) is 18.6 Å². The van der Waals surface area contributed by atoms with Crippen LogP contribution < -0.4 is 0 Å². The molecule has 3 rings (SSSR count). The molecule has 0 radical (unpaired) electrons. The summed E-state index contributed by atoms with van der Waals surface area (Å²) in [4.78, 5) is 12.5. The molecule has 0 atom stereocenters. The normalized spacial score (nSPS) is 11.3. The molecule has 3 aromatic rings. The zero-order valence-corrected chi connectivity index (χ0v) is 12.0. The summed E-state index contributed by atoms with van der Waals surface area (Å²) in [6.07, 6.45) is 7.87. The third kappa shape index (κ3) is 3.41. The first-order valence-electron chi connectivity index (χ1n) is 7.04. The molecule has 0 spiro atoms. The predicted molar refractivity (Wildman–Crippen MR) is 82.9 cm³/mol. The minimum atomic E-state index is -0.211.